The molecular weight excluding hydrogens is 83.0 g/mol. The van der Waals surface area contributed by atoms with E-state index in [2.05, 4.69) is 13.5 Å². The second-order valence-electron chi connectivity index (χ2n) is 1.31. The zero-order valence-corrected chi connectivity index (χ0v) is 3.91. The minimum absolute atomic E-state index is 0. The van der Waals surface area contributed by atoms with Crippen LogP contribution >= 0.6 is 0 Å². The van der Waals surface area contributed by atoms with Crippen LogP contribution in [0.25, 0.3) is 0 Å². The maximum atomic E-state index is 3.67. The van der Waals surface area contributed by atoms with Crippen LogP contribution in [0.15, 0.2) is 12.2 Å². The zero-order chi connectivity index (χ0) is 4.28. The summed E-state index contributed by atoms with van der Waals surface area (Å²) in [5.41, 5.74) is 1.25. The number of rotatable bonds is 1. The van der Waals surface area contributed by atoms with Crippen LogP contribution in [0.3, 0.4) is 0 Å². The van der Waals surface area contributed by atoms with Crippen molar-refractivity contribution in [3.05, 3.63) is 12.2 Å². The molecule has 0 N–H and O–H groups in total. The molecule has 0 saturated heterocycles. The Labute approximate surface area is 61.9 Å². The van der Waals surface area contributed by atoms with E-state index in [0.717, 1.165) is 6.42 Å². The van der Waals surface area contributed by atoms with E-state index in [0.29, 0.717) is 0 Å². The van der Waals surface area contributed by atoms with Crippen molar-refractivity contribution in [2.75, 3.05) is 0 Å². The van der Waals surface area contributed by atoms with Crippen molar-refractivity contribution < 1.29 is 0 Å². The van der Waals surface area contributed by atoms with E-state index in [-0.39, 0.29) is 29.6 Å². The second kappa shape index (κ2) is 5.74. The molecule has 0 spiro atoms. The van der Waals surface area contributed by atoms with Gasteiger partial charge < -0.3 is 0 Å². The van der Waals surface area contributed by atoms with E-state index in [1.165, 1.54) is 5.57 Å². The summed E-state index contributed by atoms with van der Waals surface area (Å²) < 4.78 is 0. The molecule has 0 unspecified atom stereocenters. The van der Waals surface area contributed by atoms with E-state index >= 15 is 0 Å². The normalized spacial score (nSPS) is 6.33. The Kier molecular flexibility index (Phi) is 9.46. The Bertz CT molecular complexity index is 39.2. The van der Waals surface area contributed by atoms with Gasteiger partial charge in [0.15, 0.2) is 0 Å². The van der Waals surface area contributed by atoms with Crippen LogP contribution in [-0.4, -0.2) is 29.6 Å². The molecule has 0 atom stereocenters. The fourth-order valence-electron chi connectivity index (χ4n) is 0. The van der Waals surface area contributed by atoms with Crippen molar-refractivity contribution >= 4 is 29.6 Å². The van der Waals surface area contributed by atoms with Gasteiger partial charge in [-0.3, -0.25) is 0 Å². The molecule has 0 radical (unpaired) electrons. The molecule has 6 heavy (non-hydrogen) atoms. The van der Waals surface area contributed by atoms with Crippen molar-refractivity contribution in [3.8, 4) is 0 Å². The first-order valence-electron chi connectivity index (χ1n) is 1.91. The summed E-state index contributed by atoms with van der Waals surface area (Å²) in [6, 6.07) is 0. The molecular formula is C5H11Na. The average molecular weight is 94.1 g/mol. The summed E-state index contributed by atoms with van der Waals surface area (Å²) in [6.45, 7) is 7.80. The summed E-state index contributed by atoms with van der Waals surface area (Å²) in [6.07, 6.45) is 1.11. The monoisotopic (exact) mass is 94.1 g/mol. The first kappa shape index (κ1) is 9.88. The van der Waals surface area contributed by atoms with Gasteiger partial charge in [0.25, 0.3) is 0 Å². The molecule has 0 aliphatic carbocycles. The second-order valence-corrected chi connectivity index (χ2v) is 1.31. The standard InChI is InChI=1S/C5H10.Na.H/c1-4-5(2)3;;/h2,4H2,1,3H3;;. The predicted molar refractivity (Wildman–Crippen MR) is 32.3 cm³/mol. The van der Waals surface area contributed by atoms with Crippen molar-refractivity contribution in [2.24, 2.45) is 0 Å². The molecule has 32 valence electrons. The summed E-state index contributed by atoms with van der Waals surface area (Å²) >= 11 is 0. The summed E-state index contributed by atoms with van der Waals surface area (Å²) in [5, 5.41) is 0. The first-order chi connectivity index (χ1) is 2.27. The fraction of sp³-hybridized carbons (Fsp3) is 0.600. The van der Waals surface area contributed by atoms with Gasteiger partial charge in [-0.05, 0) is 13.3 Å². The maximum absolute atomic E-state index is 3.67. The van der Waals surface area contributed by atoms with Crippen LogP contribution < -0.4 is 0 Å². The molecule has 0 aromatic rings. The fourth-order valence-corrected chi connectivity index (χ4v) is 0. The van der Waals surface area contributed by atoms with Gasteiger partial charge in [-0.25, -0.2) is 0 Å². The third-order valence-corrected chi connectivity index (χ3v) is 0.604. The van der Waals surface area contributed by atoms with Crippen LogP contribution in [0, 0.1) is 0 Å². The molecule has 0 aliphatic heterocycles. The molecule has 0 heterocycles. The number of allylic oxidation sites excluding steroid dienone is 1. The molecule has 0 aromatic carbocycles. The molecule has 0 saturated carbocycles. The number of hydrogen-bond donors (Lipinski definition) is 0. The van der Waals surface area contributed by atoms with E-state index in [4.69, 9.17) is 0 Å². The predicted octanol–water partition coefficient (Wildman–Crippen LogP) is 1.32. The Morgan fingerprint density at radius 2 is 1.83 bits per heavy atom. The summed E-state index contributed by atoms with van der Waals surface area (Å²) in [5.74, 6) is 0. The Morgan fingerprint density at radius 3 is 1.83 bits per heavy atom. The average Bonchev–Trinajstić information content (AvgIpc) is 1.38. The van der Waals surface area contributed by atoms with Gasteiger partial charge in [-0.2, -0.15) is 0 Å². The van der Waals surface area contributed by atoms with Gasteiger partial charge in [-0.15, -0.1) is 6.58 Å². The number of hydrogen-bond acceptors (Lipinski definition) is 0. The van der Waals surface area contributed by atoms with Gasteiger partial charge in [0.2, 0.25) is 0 Å². The Morgan fingerprint density at radius 1 is 1.67 bits per heavy atom. The van der Waals surface area contributed by atoms with E-state index in [9.17, 15) is 0 Å². The van der Waals surface area contributed by atoms with Crippen molar-refractivity contribution in [1.29, 1.82) is 0 Å². The van der Waals surface area contributed by atoms with Crippen LogP contribution in [0.1, 0.15) is 20.3 Å². The van der Waals surface area contributed by atoms with Crippen molar-refractivity contribution in [1.82, 2.24) is 0 Å². The Balaban J connectivity index is 0. The van der Waals surface area contributed by atoms with E-state index in [1.807, 2.05) is 6.92 Å². The molecule has 0 amide bonds. The molecule has 0 rings (SSSR count). The third-order valence-electron chi connectivity index (χ3n) is 0.604. The van der Waals surface area contributed by atoms with Gasteiger partial charge in [0.05, 0.1) is 0 Å². The van der Waals surface area contributed by atoms with Gasteiger partial charge in [-0.1, -0.05) is 12.5 Å². The van der Waals surface area contributed by atoms with Gasteiger partial charge >= 0.3 is 29.6 Å². The molecule has 0 fully saturated rings. The first-order valence-corrected chi connectivity index (χ1v) is 1.91. The minimum atomic E-state index is 0. The quantitative estimate of drug-likeness (QED) is 0.339. The topological polar surface area (TPSA) is 0 Å². The van der Waals surface area contributed by atoms with E-state index in [1.54, 1.807) is 0 Å². The van der Waals surface area contributed by atoms with Crippen LogP contribution in [0.5, 0.6) is 0 Å². The van der Waals surface area contributed by atoms with E-state index < -0.39 is 0 Å². The SMILES string of the molecule is C=C(C)CC.[NaH]. The Hall–Kier alpha value is 0.740. The van der Waals surface area contributed by atoms with Crippen molar-refractivity contribution in [2.45, 2.75) is 20.3 Å². The molecule has 1 heteroatoms. The zero-order valence-electron chi connectivity index (χ0n) is 3.91. The van der Waals surface area contributed by atoms with Gasteiger partial charge in [0, 0.05) is 0 Å². The third kappa shape index (κ3) is 8.83. The molecule has 0 bridgehead atoms. The summed E-state index contributed by atoms with van der Waals surface area (Å²) in [4.78, 5) is 0. The van der Waals surface area contributed by atoms with Crippen molar-refractivity contribution in [3.63, 3.8) is 0 Å². The van der Waals surface area contributed by atoms with Crippen LogP contribution in [0.2, 0.25) is 0 Å². The molecule has 0 nitrogen and oxygen atoms in total. The van der Waals surface area contributed by atoms with Crippen LogP contribution in [0.4, 0.5) is 0 Å². The molecule has 0 aliphatic rings. The van der Waals surface area contributed by atoms with Gasteiger partial charge in [0.1, 0.15) is 0 Å². The molecule has 0 aromatic heterocycles. The summed E-state index contributed by atoms with van der Waals surface area (Å²) in [7, 11) is 0. The van der Waals surface area contributed by atoms with Crippen LogP contribution in [-0.2, 0) is 0 Å².